The molecule has 3 aromatic heterocycles. The van der Waals surface area contributed by atoms with Crippen LogP contribution in [0.15, 0.2) is 218 Å². The van der Waals surface area contributed by atoms with E-state index in [0.29, 0.717) is 86.7 Å². The van der Waals surface area contributed by atoms with Crippen LogP contribution in [-0.2, 0) is 38.4 Å². The van der Waals surface area contributed by atoms with Gasteiger partial charge in [-0.3, -0.25) is 38.4 Å². The second-order valence-corrected chi connectivity index (χ2v) is 26.4. The van der Waals surface area contributed by atoms with E-state index in [2.05, 4.69) is 31.2 Å². The molecule has 10 N–H and O–H groups in total. The zero-order valence-electron chi connectivity index (χ0n) is 59.1. The van der Waals surface area contributed by atoms with Gasteiger partial charge in [-0.05, 0) is 164 Å². The van der Waals surface area contributed by atoms with E-state index >= 15 is 0 Å². The Morgan fingerprint density at radius 1 is 0.259 bits per heavy atom. The molecule has 13 rings (SSSR count). The molecule has 4 amide bonds. The average molecular weight is 1490 g/mol. The molecule has 24 heteroatoms. The Morgan fingerprint density at radius 2 is 0.438 bits per heavy atom. The number of hydrogen-bond acceptors (Lipinski definition) is 14. The first-order valence-electron chi connectivity index (χ1n) is 35.1. The molecule has 0 fully saturated rings. The highest BCUT2D eigenvalue weighted by Gasteiger charge is 2.25. The van der Waals surface area contributed by atoms with Gasteiger partial charge in [0.05, 0.1) is 72.6 Å². The Balaban J connectivity index is 0.960. The first-order chi connectivity index (χ1) is 54.2. The van der Waals surface area contributed by atoms with Crippen LogP contribution in [0.4, 0.5) is 0 Å². The van der Waals surface area contributed by atoms with E-state index in [1.807, 2.05) is 146 Å². The minimum absolute atomic E-state index is 0.219. The van der Waals surface area contributed by atoms with E-state index in [-0.39, 0.29) is 22.3 Å². The normalized spacial score (nSPS) is 12.4. The molecule has 2 aliphatic rings. The molecule has 2 aliphatic heterocycles. The van der Waals surface area contributed by atoms with Gasteiger partial charge in [0, 0.05) is 66.6 Å². The number of aliphatic carboxylic acids is 4. The first kappa shape index (κ1) is 75.0. The van der Waals surface area contributed by atoms with Crippen molar-refractivity contribution in [1.29, 1.82) is 0 Å². The second-order valence-electron chi connectivity index (χ2n) is 26.4. The Labute approximate surface area is 637 Å². The summed E-state index contributed by atoms with van der Waals surface area (Å²) < 4.78 is 0. The molecule has 24 nitrogen and oxygen atoms in total. The standard InChI is InChI=1S/C88H66N8O16/c97-45-65(41-77(101)102)89-85(109)61-25-9-53(10-26-61)49-1-17-57(18-2-49)81-69-33-35-71(93-69)82(58-19-3-50(4-20-58)54-11-27-62(28-12-54)86(110)90-66(46-98)42-78(103)104)73-37-39-75(95-73)84(60-23-7-52(8-24-60)56-15-31-64(32-16-56)88(112)92-68(48-100)44-80(107)108)76-40-38-74(96-76)83(72-36-34-70(81)94-72)59-21-5-51(6-22-59)55-13-29-63(30-14-55)87(111)91-67(47-99)43-79(105)106/h1-40,45-48,65-68,93-94H,41-44H2,(H,89,109)(H,90,110)(H,91,111)(H,92,112)(H,101,102)(H,103,104)(H,105,106)(H,107,108)/t65-,66-,67-,68-/m0/s1. The topological polar surface area (TPSA) is 391 Å². The molecule has 0 saturated heterocycles. The minimum atomic E-state index is -1.24. The molecule has 8 aromatic carbocycles. The number of nitrogens with zero attached hydrogens (tertiary/aromatic N) is 2. The van der Waals surface area contributed by atoms with Crippen molar-refractivity contribution in [2.45, 2.75) is 49.9 Å². The smallest absolute Gasteiger partial charge is 0.305 e. The number of carboxylic acids is 4. The number of carbonyl (C=O) groups is 12. The van der Waals surface area contributed by atoms with Gasteiger partial charge >= 0.3 is 23.9 Å². The fourth-order valence-electron chi connectivity index (χ4n) is 13.3. The predicted octanol–water partition coefficient (Wildman–Crippen LogP) is 13.1. The monoisotopic (exact) mass is 1490 g/mol. The maximum atomic E-state index is 13.1. The lowest BCUT2D eigenvalue weighted by atomic mass is 9.97. The van der Waals surface area contributed by atoms with Crippen molar-refractivity contribution in [3.63, 3.8) is 0 Å². The first-order valence-corrected chi connectivity index (χ1v) is 35.1. The SMILES string of the molecule is O=C[C@H](CC(=O)O)NC(=O)c1ccc(-c2ccc(-c3c4nc(c(-c5ccc(-c6ccc(C(=O)N[C@H](C=O)CC(=O)O)cc6)cc5)c5ccc([nH]5)c(-c5ccc(-c6ccc(C(=O)N[C@H](C=O)CC(=O)O)cc6)cc5)c5ccc([nH]5)c(-c5ccc(-c6ccc(C(=O)N[C@H](C=O)CC(=O)O)cc6)cc5)c5nc3C=C5)C=C4)cc2)cc1. The number of aromatic amines is 2. The fraction of sp³-hybridized carbons (Fsp3) is 0.0909. The fourth-order valence-corrected chi connectivity index (χ4v) is 13.3. The number of rotatable bonds is 28. The Kier molecular flexibility index (Phi) is 22.3. The molecule has 554 valence electrons. The van der Waals surface area contributed by atoms with Crippen molar-refractivity contribution in [1.82, 2.24) is 41.2 Å². The quantitative estimate of drug-likeness (QED) is 0.0204. The van der Waals surface area contributed by atoms with Gasteiger partial charge in [-0.1, -0.05) is 146 Å². The summed E-state index contributed by atoms with van der Waals surface area (Å²) in [6.07, 6.45) is 6.98. The Morgan fingerprint density at radius 3 is 0.652 bits per heavy atom. The summed E-state index contributed by atoms with van der Waals surface area (Å²) in [5.74, 6) is -7.40. The van der Waals surface area contributed by atoms with Gasteiger partial charge in [0.25, 0.3) is 23.6 Å². The van der Waals surface area contributed by atoms with Crippen LogP contribution >= 0.6 is 0 Å². The van der Waals surface area contributed by atoms with Crippen molar-refractivity contribution in [2.75, 3.05) is 0 Å². The highest BCUT2D eigenvalue weighted by molar-refractivity contribution is 6.04. The van der Waals surface area contributed by atoms with Crippen molar-refractivity contribution >= 4 is 119 Å². The predicted molar refractivity (Wildman–Crippen MR) is 421 cm³/mol. The zero-order valence-corrected chi connectivity index (χ0v) is 59.1. The molecule has 0 spiro atoms. The number of carbonyl (C=O) groups excluding carboxylic acids is 8. The summed E-state index contributed by atoms with van der Waals surface area (Å²) in [4.78, 5) is 163. The molecule has 112 heavy (non-hydrogen) atoms. The number of benzene rings is 8. The van der Waals surface area contributed by atoms with Gasteiger partial charge in [-0.15, -0.1) is 0 Å². The third-order valence-electron chi connectivity index (χ3n) is 18.9. The van der Waals surface area contributed by atoms with Crippen LogP contribution in [0.2, 0.25) is 0 Å². The number of nitrogens with one attached hydrogen (secondary N) is 6. The number of H-pyrrole nitrogens is 2. The number of carboxylic acid groups (broad SMARTS) is 4. The summed E-state index contributed by atoms with van der Waals surface area (Å²) in [6, 6.07) is 61.1. The van der Waals surface area contributed by atoms with Crippen molar-refractivity contribution < 1.29 is 78.0 Å². The minimum Gasteiger partial charge on any atom is -0.481 e. The lowest BCUT2D eigenvalue weighted by Crippen LogP contribution is -2.37. The average Bonchev–Trinajstić information content (AvgIpc) is 1.60. The summed E-state index contributed by atoms with van der Waals surface area (Å²) in [5, 5.41) is 46.8. The van der Waals surface area contributed by atoms with E-state index in [1.165, 1.54) is 0 Å². The molecular weight excluding hydrogens is 1430 g/mol. The number of fused-ring (bicyclic) bond motifs is 8. The van der Waals surface area contributed by atoms with Gasteiger partial charge in [0.2, 0.25) is 0 Å². The summed E-state index contributed by atoms with van der Waals surface area (Å²) in [7, 11) is 0. The lowest BCUT2D eigenvalue weighted by molar-refractivity contribution is -0.139. The molecule has 0 aliphatic carbocycles. The summed E-state index contributed by atoms with van der Waals surface area (Å²) in [5.41, 5.74) is 18.0. The molecule has 0 saturated carbocycles. The van der Waals surface area contributed by atoms with E-state index < -0.39 is 97.4 Å². The Bertz CT molecular complexity index is 5590. The van der Waals surface area contributed by atoms with Crippen LogP contribution < -0.4 is 21.3 Å². The Hall–Kier alpha value is -15.2. The maximum Gasteiger partial charge on any atom is 0.305 e. The molecule has 0 radical (unpaired) electrons. The maximum absolute atomic E-state index is 13.1. The van der Waals surface area contributed by atoms with Gasteiger partial charge in [-0.25, -0.2) is 9.97 Å². The largest absolute Gasteiger partial charge is 0.481 e. The molecule has 4 atom stereocenters. The van der Waals surface area contributed by atoms with Crippen molar-refractivity contribution in [3.05, 3.63) is 263 Å². The molecule has 0 unspecified atom stereocenters. The molecule has 8 bridgehead atoms. The second kappa shape index (κ2) is 33.3. The molecule has 11 aromatic rings. The van der Waals surface area contributed by atoms with Crippen molar-refractivity contribution in [3.8, 4) is 89.0 Å². The summed E-state index contributed by atoms with van der Waals surface area (Å²) in [6.45, 7) is 0. The van der Waals surface area contributed by atoms with Crippen LogP contribution in [0.3, 0.4) is 0 Å². The van der Waals surface area contributed by atoms with Gasteiger partial charge in [0.1, 0.15) is 25.1 Å². The van der Waals surface area contributed by atoms with Gasteiger partial charge in [0.15, 0.2) is 0 Å². The highest BCUT2D eigenvalue weighted by atomic mass is 16.4. The van der Waals surface area contributed by atoms with E-state index in [0.717, 1.165) is 72.3 Å². The van der Waals surface area contributed by atoms with Gasteiger partial charge < -0.3 is 70.8 Å². The molecule has 5 heterocycles. The number of aromatic nitrogens is 4. The van der Waals surface area contributed by atoms with E-state index in [4.69, 9.17) is 9.97 Å². The van der Waals surface area contributed by atoms with E-state index in [9.17, 15) is 78.0 Å². The number of aldehydes is 4. The van der Waals surface area contributed by atoms with E-state index in [1.54, 1.807) is 97.1 Å². The third-order valence-corrected chi connectivity index (χ3v) is 18.9. The number of amides is 4. The zero-order chi connectivity index (χ0) is 78.7. The third kappa shape index (κ3) is 17.1. The van der Waals surface area contributed by atoms with Crippen LogP contribution in [0.5, 0.6) is 0 Å². The van der Waals surface area contributed by atoms with Crippen LogP contribution in [0.25, 0.3) is 135 Å². The summed E-state index contributed by atoms with van der Waals surface area (Å²) >= 11 is 0. The van der Waals surface area contributed by atoms with Crippen molar-refractivity contribution in [2.24, 2.45) is 0 Å². The number of hydrogen-bond donors (Lipinski definition) is 10. The van der Waals surface area contributed by atoms with Gasteiger partial charge in [-0.2, -0.15) is 0 Å². The highest BCUT2D eigenvalue weighted by Crippen LogP contribution is 2.41. The molecular formula is C88H66N8O16. The van der Waals surface area contributed by atoms with Crippen LogP contribution in [0, 0.1) is 0 Å². The lowest BCUT2D eigenvalue weighted by Gasteiger charge is -2.11. The van der Waals surface area contributed by atoms with Crippen LogP contribution in [-0.4, -0.2) is 137 Å². The van der Waals surface area contributed by atoms with Crippen LogP contribution in [0.1, 0.15) is 89.9 Å².